The first-order chi connectivity index (χ1) is 7.22. The molecule has 0 aliphatic heterocycles. The van der Waals surface area contributed by atoms with Crippen LogP contribution in [0.1, 0.15) is 10.4 Å². The molecule has 76 valence electrons. The Hall–Kier alpha value is -1.46. The Morgan fingerprint density at radius 1 is 1.47 bits per heavy atom. The fraction of sp³-hybridized carbons (Fsp3) is 0. The van der Waals surface area contributed by atoms with Crippen LogP contribution in [-0.4, -0.2) is 10.9 Å². The molecular formula is C10H8BrN3O. The molecule has 1 heterocycles. The van der Waals surface area contributed by atoms with Crippen LogP contribution in [0.4, 0.5) is 0 Å². The topological polar surface area (TPSA) is 68.0 Å². The second kappa shape index (κ2) is 3.96. The number of fused-ring (bicyclic) bond motifs is 1. The first kappa shape index (κ1) is 10.1. The highest BCUT2D eigenvalue weighted by molar-refractivity contribution is 9.10. The van der Waals surface area contributed by atoms with Gasteiger partial charge in [0.05, 0.1) is 11.1 Å². The molecule has 0 radical (unpaired) electrons. The highest BCUT2D eigenvalue weighted by Crippen LogP contribution is 2.22. The number of carbonyl (C=O) groups is 1. The van der Waals surface area contributed by atoms with Gasteiger partial charge in [0.25, 0.3) is 5.91 Å². The van der Waals surface area contributed by atoms with Crippen molar-refractivity contribution in [3.63, 3.8) is 0 Å². The fourth-order valence-electron chi connectivity index (χ4n) is 1.33. The summed E-state index contributed by atoms with van der Waals surface area (Å²) < 4.78 is 0.903. The summed E-state index contributed by atoms with van der Waals surface area (Å²) >= 11 is 3.39. The summed E-state index contributed by atoms with van der Waals surface area (Å²) in [6.07, 6.45) is 1.50. The lowest BCUT2D eigenvalue weighted by atomic mass is 10.1. The number of nitrogens with zero attached hydrogens (tertiary/aromatic N) is 1. The van der Waals surface area contributed by atoms with Gasteiger partial charge in [0.15, 0.2) is 0 Å². The number of hydrogen-bond acceptors (Lipinski definition) is 3. The zero-order chi connectivity index (χ0) is 10.8. The monoisotopic (exact) mass is 265 g/mol. The number of rotatable bonds is 1. The SMILES string of the molecule is NNC(=O)c1cnc2c(Br)cccc2c1. The molecule has 0 aliphatic carbocycles. The lowest BCUT2D eigenvalue weighted by molar-refractivity contribution is 0.0953. The van der Waals surface area contributed by atoms with E-state index < -0.39 is 0 Å². The molecule has 0 saturated heterocycles. The summed E-state index contributed by atoms with van der Waals surface area (Å²) in [6.45, 7) is 0. The summed E-state index contributed by atoms with van der Waals surface area (Å²) in [6, 6.07) is 7.42. The van der Waals surface area contributed by atoms with Crippen LogP contribution in [0, 0.1) is 0 Å². The number of nitrogens with two attached hydrogens (primary N) is 1. The number of nitrogen functional groups attached to an aromatic ring is 1. The van der Waals surface area contributed by atoms with E-state index >= 15 is 0 Å². The van der Waals surface area contributed by atoms with E-state index in [0.717, 1.165) is 15.4 Å². The van der Waals surface area contributed by atoms with Gasteiger partial charge < -0.3 is 0 Å². The van der Waals surface area contributed by atoms with E-state index in [1.807, 2.05) is 18.2 Å². The minimum atomic E-state index is -0.343. The molecule has 1 aromatic heterocycles. The zero-order valence-corrected chi connectivity index (χ0v) is 9.28. The number of benzene rings is 1. The second-order valence-corrected chi connectivity index (χ2v) is 3.86. The number of carbonyl (C=O) groups excluding carboxylic acids is 1. The first-order valence-corrected chi connectivity index (χ1v) is 5.07. The van der Waals surface area contributed by atoms with Gasteiger partial charge in [-0.3, -0.25) is 15.2 Å². The largest absolute Gasteiger partial charge is 0.290 e. The molecule has 0 spiro atoms. The lowest BCUT2D eigenvalue weighted by Gasteiger charge is -2.02. The Labute approximate surface area is 94.6 Å². The molecule has 0 fully saturated rings. The standard InChI is InChI=1S/C10H8BrN3O/c11-8-3-1-2-6-4-7(10(15)14-12)5-13-9(6)8/h1-5H,12H2,(H,14,15). The fourth-order valence-corrected chi connectivity index (χ4v) is 1.81. The number of halogens is 1. The van der Waals surface area contributed by atoms with Gasteiger partial charge in [-0.25, -0.2) is 5.84 Å². The van der Waals surface area contributed by atoms with Gasteiger partial charge in [0, 0.05) is 16.1 Å². The maximum absolute atomic E-state index is 11.3. The molecule has 0 bridgehead atoms. The number of amides is 1. The summed E-state index contributed by atoms with van der Waals surface area (Å²) in [4.78, 5) is 15.4. The Morgan fingerprint density at radius 2 is 2.27 bits per heavy atom. The van der Waals surface area contributed by atoms with Gasteiger partial charge in [-0.1, -0.05) is 12.1 Å². The molecule has 1 amide bonds. The van der Waals surface area contributed by atoms with Crippen LogP contribution in [0.25, 0.3) is 10.9 Å². The Bertz CT molecular complexity index is 527. The highest BCUT2D eigenvalue weighted by Gasteiger charge is 2.06. The predicted octanol–water partition coefficient (Wildman–Crippen LogP) is 1.60. The molecule has 2 aromatic rings. The van der Waals surface area contributed by atoms with E-state index in [4.69, 9.17) is 5.84 Å². The summed E-state index contributed by atoms with van der Waals surface area (Å²) in [7, 11) is 0. The first-order valence-electron chi connectivity index (χ1n) is 4.27. The van der Waals surface area contributed by atoms with Crippen LogP contribution in [-0.2, 0) is 0 Å². The molecule has 0 unspecified atom stereocenters. The molecule has 2 rings (SSSR count). The van der Waals surface area contributed by atoms with E-state index in [1.54, 1.807) is 6.07 Å². The minimum Gasteiger partial charge on any atom is -0.290 e. The van der Waals surface area contributed by atoms with E-state index in [0.29, 0.717) is 5.56 Å². The molecule has 3 N–H and O–H groups in total. The van der Waals surface area contributed by atoms with Crippen LogP contribution in [0.5, 0.6) is 0 Å². The smallest absolute Gasteiger partial charge is 0.266 e. The van der Waals surface area contributed by atoms with E-state index in [1.165, 1.54) is 6.20 Å². The lowest BCUT2D eigenvalue weighted by Crippen LogP contribution is -2.30. The average Bonchev–Trinajstić information content (AvgIpc) is 2.28. The van der Waals surface area contributed by atoms with Crippen molar-refractivity contribution < 1.29 is 4.79 Å². The molecule has 5 heteroatoms. The minimum absolute atomic E-state index is 0.343. The molecular weight excluding hydrogens is 258 g/mol. The van der Waals surface area contributed by atoms with Crippen LogP contribution in [0.3, 0.4) is 0 Å². The van der Waals surface area contributed by atoms with Gasteiger partial charge in [0.1, 0.15) is 0 Å². The number of hydrogen-bond donors (Lipinski definition) is 2. The Balaban J connectivity index is 2.62. The van der Waals surface area contributed by atoms with Gasteiger partial charge in [-0.2, -0.15) is 0 Å². The van der Waals surface area contributed by atoms with Crippen LogP contribution in [0.2, 0.25) is 0 Å². The quantitative estimate of drug-likeness (QED) is 0.468. The van der Waals surface area contributed by atoms with Crippen molar-refractivity contribution in [2.45, 2.75) is 0 Å². The number of para-hydroxylation sites is 1. The molecule has 1 aromatic carbocycles. The normalized spacial score (nSPS) is 10.3. The van der Waals surface area contributed by atoms with Crippen LogP contribution < -0.4 is 11.3 Å². The number of nitrogens with one attached hydrogen (secondary N) is 1. The maximum atomic E-state index is 11.3. The predicted molar refractivity (Wildman–Crippen MR) is 61.1 cm³/mol. The van der Waals surface area contributed by atoms with Crippen molar-refractivity contribution in [1.82, 2.24) is 10.4 Å². The maximum Gasteiger partial charge on any atom is 0.266 e. The second-order valence-electron chi connectivity index (χ2n) is 3.01. The van der Waals surface area contributed by atoms with Crippen molar-refractivity contribution in [3.05, 3.63) is 40.5 Å². The number of hydrazine groups is 1. The molecule has 15 heavy (non-hydrogen) atoms. The zero-order valence-electron chi connectivity index (χ0n) is 7.70. The number of aromatic nitrogens is 1. The van der Waals surface area contributed by atoms with Crippen molar-refractivity contribution in [2.75, 3.05) is 0 Å². The molecule has 4 nitrogen and oxygen atoms in total. The molecule has 0 atom stereocenters. The van der Waals surface area contributed by atoms with Gasteiger partial charge in [0.2, 0.25) is 0 Å². The van der Waals surface area contributed by atoms with Crippen molar-refractivity contribution in [2.24, 2.45) is 5.84 Å². The van der Waals surface area contributed by atoms with E-state index in [-0.39, 0.29) is 5.91 Å². The van der Waals surface area contributed by atoms with E-state index in [9.17, 15) is 4.79 Å². The third-order valence-corrected chi connectivity index (χ3v) is 2.69. The molecule has 0 aliphatic rings. The van der Waals surface area contributed by atoms with Crippen LogP contribution in [0.15, 0.2) is 34.9 Å². The molecule has 0 saturated carbocycles. The summed E-state index contributed by atoms with van der Waals surface area (Å²) in [5.41, 5.74) is 3.34. The summed E-state index contributed by atoms with van der Waals surface area (Å²) in [5, 5.41) is 0.894. The van der Waals surface area contributed by atoms with Crippen molar-refractivity contribution in [3.8, 4) is 0 Å². The third kappa shape index (κ3) is 1.84. The highest BCUT2D eigenvalue weighted by atomic mass is 79.9. The summed E-state index contributed by atoms with van der Waals surface area (Å²) in [5.74, 6) is 4.70. The Morgan fingerprint density at radius 3 is 3.00 bits per heavy atom. The number of pyridine rings is 1. The van der Waals surface area contributed by atoms with Gasteiger partial charge >= 0.3 is 0 Å². The van der Waals surface area contributed by atoms with Crippen LogP contribution >= 0.6 is 15.9 Å². The third-order valence-electron chi connectivity index (χ3n) is 2.06. The van der Waals surface area contributed by atoms with Crippen molar-refractivity contribution >= 4 is 32.7 Å². The van der Waals surface area contributed by atoms with Gasteiger partial charge in [-0.05, 0) is 28.1 Å². The van der Waals surface area contributed by atoms with Gasteiger partial charge in [-0.15, -0.1) is 0 Å². The van der Waals surface area contributed by atoms with E-state index in [2.05, 4.69) is 26.3 Å². The Kier molecular flexibility index (Phi) is 2.66. The van der Waals surface area contributed by atoms with Crippen molar-refractivity contribution in [1.29, 1.82) is 0 Å². The average molecular weight is 266 g/mol.